The summed E-state index contributed by atoms with van der Waals surface area (Å²) >= 11 is 0. The molecular weight excluding hydrogens is 324 g/mol. The number of rotatable bonds is 4. The maximum Gasteiger partial charge on any atom is 0.124 e. The number of hydrogen-bond acceptors (Lipinski definition) is 3. The van der Waals surface area contributed by atoms with Crippen LogP contribution in [0.4, 0.5) is 0 Å². The van der Waals surface area contributed by atoms with Crippen LogP contribution in [0.25, 0.3) is 0 Å². The Balaban J connectivity index is 1.67. The van der Waals surface area contributed by atoms with E-state index in [4.69, 9.17) is 9.47 Å². The van der Waals surface area contributed by atoms with Crippen molar-refractivity contribution in [3.8, 4) is 5.75 Å². The molecule has 0 bridgehead atoms. The van der Waals surface area contributed by atoms with Crippen LogP contribution in [-0.4, -0.2) is 25.4 Å². The number of aryl methyl sites for hydroxylation is 1. The fourth-order valence-corrected chi connectivity index (χ4v) is 6.94. The van der Waals surface area contributed by atoms with Crippen LogP contribution < -0.4 is 4.74 Å². The highest BCUT2D eigenvalue weighted by Gasteiger charge is 2.55. The first-order chi connectivity index (χ1) is 12.5. The first kappa shape index (κ1) is 18.3. The third-order valence-corrected chi connectivity index (χ3v) is 8.08. The molecule has 1 aromatic carbocycles. The largest absolute Gasteiger partial charge is 0.496 e. The third-order valence-electron chi connectivity index (χ3n) is 8.08. The summed E-state index contributed by atoms with van der Waals surface area (Å²) in [5, 5.41) is 10.3. The second-order valence-electron chi connectivity index (χ2n) is 9.18. The predicted molar refractivity (Wildman–Crippen MR) is 103 cm³/mol. The molecule has 1 unspecified atom stereocenters. The van der Waals surface area contributed by atoms with E-state index in [1.807, 2.05) is 6.92 Å². The first-order valence-corrected chi connectivity index (χ1v) is 10.4. The summed E-state index contributed by atoms with van der Waals surface area (Å²) < 4.78 is 11.0. The standard InChI is InChI=1S/C23H34O3/c1-14(24)20-7-8-21-18-6-5-15-12-22(26-4)16(13-25-3)11-19(15)17(18)9-10-23(20,21)2/h11-12,14,17-18,20-21,24H,5-10,13H2,1-4H3/t14?,17-,18+,20+,21-,23+/m0/s1. The van der Waals surface area contributed by atoms with Gasteiger partial charge in [0.25, 0.3) is 0 Å². The van der Waals surface area contributed by atoms with Crippen LogP contribution in [0.3, 0.4) is 0 Å². The molecule has 0 heterocycles. The normalized spacial score (nSPS) is 36.8. The Labute approximate surface area is 158 Å². The van der Waals surface area contributed by atoms with E-state index >= 15 is 0 Å². The van der Waals surface area contributed by atoms with E-state index in [0.717, 1.165) is 24.0 Å². The monoisotopic (exact) mass is 358 g/mol. The molecule has 1 N–H and O–H groups in total. The van der Waals surface area contributed by atoms with Crippen molar-refractivity contribution in [2.75, 3.05) is 14.2 Å². The zero-order chi connectivity index (χ0) is 18.5. The number of aliphatic hydroxyl groups excluding tert-OH is 1. The quantitative estimate of drug-likeness (QED) is 0.848. The molecule has 4 rings (SSSR count). The Morgan fingerprint density at radius 1 is 1.19 bits per heavy atom. The van der Waals surface area contributed by atoms with Crippen LogP contribution >= 0.6 is 0 Å². The Bertz CT molecular complexity index is 668. The van der Waals surface area contributed by atoms with E-state index in [2.05, 4.69) is 19.1 Å². The molecule has 6 atom stereocenters. The Hall–Kier alpha value is -1.06. The van der Waals surface area contributed by atoms with Crippen LogP contribution in [0.15, 0.2) is 12.1 Å². The Morgan fingerprint density at radius 2 is 2.00 bits per heavy atom. The number of methoxy groups -OCH3 is 2. The van der Waals surface area contributed by atoms with Crippen molar-refractivity contribution in [1.29, 1.82) is 0 Å². The second-order valence-corrected chi connectivity index (χ2v) is 9.18. The van der Waals surface area contributed by atoms with E-state index in [9.17, 15) is 5.11 Å². The molecule has 26 heavy (non-hydrogen) atoms. The van der Waals surface area contributed by atoms with Gasteiger partial charge < -0.3 is 14.6 Å². The van der Waals surface area contributed by atoms with Gasteiger partial charge in [0.05, 0.1) is 19.8 Å². The van der Waals surface area contributed by atoms with E-state index in [1.54, 1.807) is 19.8 Å². The van der Waals surface area contributed by atoms with Gasteiger partial charge in [-0.3, -0.25) is 0 Å². The smallest absolute Gasteiger partial charge is 0.124 e. The Morgan fingerprint density at radius 3 is 2.69 bits per heavy atom. The minimum Gasteiger partial charge on any atom is -0.496 e. The summed E-state index contributed by atoms with van der Waals surface area (Å²) in [6, 6.07) is 4.64. The Kier molecular flexibility index (Phi) is 4.81. The molecule has 2 fully saturated rings. The van der Waals surface area contributed by atoms with Crippen molar-refractivity contribution in [3.63, 3.8) is 0 Å². The van der Waals surface area contributed by atoms with Crippen LogP contribution in [-0.2, 0) is 17.8 Å². The molecule has 0 saturated heterocycles. The molecule has 3 aliphatic rings. The summed E-state index contributed by atoms with van der Waals surface area (Å²) in [7, 11) is 3.51. The number of ether oxygens (including phenoxy) is 2. The van der Waals surface area contributed by atoms with Crippen molar-refractivity contribution >= 4 is 0 Å². The zero-order valence-electron chi connectivity index (χ0n) is 16.8. The van der Waals surface area contributed by atoms with Crippen molar-refractivity contribution in [2.45, 2.75) is 71.0 Å². The fraction of sp³-hybridized carbons (Fsp3) is 0.739. The van der Waals surface area contributed by atoms with Gasteiger partial charge in [0.2, 0.25) is 0 Å². The topological polar surface area (TPSA) is 38.7 Å². The summed E-state index contributed by atoms with van der Waals surface area (Å²) in [5.74, 6) is 3.66. The van der Waals surface area contributed by atoms with Gasteiger partial charge in [-0.15, -0.1) is 0 Å². The molecule has 0 radical (unpaired) electrons. The highest BCUT2D eigenvalue weighted by atomic mass is 16.5. The van der Waals surface area contributed by atoms with Crippen molar-refractivity contribution in [2.24, 2.45) is 23.2 Å². The second kappa shape index (κ2) is 6.83. The lowest BCUT2D eigenvalue weighted by atomic mass is 9.53. The van der Waals surface area contributed by atoms with E-state index in [1.165, 1.54) is 43.2 Å². The lowest BCUT2D eigenvalue weighted by molar-refractivity contribution is -0.0180. The summed E-state index contributed by atoms with van der Waals surface area (Å²) in [6.45, 7) is 5.08. The molecule has 0 spiro atoms. The molecule has 0 amide bonds. The van der Waals surface area contributed by atoms with Crippen molar-refractivity contribution in [3.05, 3.63) is 28.8 Å². The van der Waals surface area contributed by atoms with E-state index in [-0.39, 0.29) is 6.10 Å². The number of fused-ring (bicyclic) bond motifs is 5. The van der Waals surface area contributed by atoms with Gasteiger partial charge >= 0.3 is 0 Å². The lowest BCUT2D eigenvalue weighted by Gasteiger charge is -2.51. The third kappa shape index (κ3) is 2.70. The van der Waals surface area contributed by atoms with Gasteiger partial charge in [-0.1, -0.05) is 6.92 Å². The summed E-state index contributed by atoms with van der Waals surface area (Å²) in [6.07, 6.45) is 7.28. The van der Waals surface area contributed by atoms with Crippen LogP contribution in [0.5, 0.6) is 5.75 Å². The van der Waals surface area contributed by atoms with Gasteiger partial charge in [0.15, 0.2) is 0 Å². The highest BCUT2D eigenvalue weighted by molar-refractivity contribution is 5.46. The molecule has 3 nitrogen and oxygen atoms in total. The van der Waals surface area contributed by atoms with Crippen molar-refractivity contribution < 1.29 is 14.6 Å². The first-order valence-electron chi connectivity index (χ1n) is 10.4. The minimum atomic E-state index is -0.171. The maximum absolute atomic E-state index is 10.3. The zero-order valence-corrected chi connectivity index (χ0v) is 16.8. The van der Waals surface area contributed by atoms with Crippen molar-refractivity contribution in [1.82, 2.24) is 0 Å². The molecule has 0 aromatic heterocycles. The number of hydrogen-bond donors (Lipinski definition) is 1. The van der Waals surface area contributed by atoms with Crippen LogP contribution in [0, 0.1) is 23.2 Å². The molecule has 3 heteroatoms. The maximum atomic E-state index is 10.3. The predicted octanol–water partition coefficient (Wildman–Crippen LogP) is 4.69. The van der Waals surface area contributed by atoms with Gasteiger partial charge in [0, 0.05) is 12.7 Å². The van der Waals surface area contributed by atoms with E-state index < -0.39 is 0 Å². The summed E-state index contributed by atoms with van der Waals surface area (Å²) in [5.41, 5.74) is 4.54. The lowest BCUT2D eigenvalue weighted by Crippen LogP contribution is -2.44. The minimum absolute atomic E-state index is 0.171. The SMILES string of the molecule is COCc1cc2c(cc1OC)CC[C@@H]1[C@@H]2CC[C@]2(C)[C@@H](C(C)O)CC[C@@H]12. The number of benzene rings is 1. The molecule has 2 saturated carbocycles. The van der Waals surface area contributed by atoms with Crippen LogP contribution in [0.2, 0.25) is 0 Å². The molecule has 3 aliphatic carbocycles. The van der Waals surface area contributed by atoms with Gasteiger partial charge in [-0.05, 0) is 97.8 Å². The van der Waals surface area contributed by atoms with Gasteiger partial charge in [-0.2, -0.15) is 0 Å². The fourth-order valence-electron chi connectivity index (χ4n) is 6.94. The molecule has 1 aromatic rings. The molecule has 144 valence electrons. The van der Waals surface area contributed by atoms with Gasteiger partial charge in [-0.25, -0.2) is 0 Å². The average molecular weight is 359 g/mol. The summed E-state index contributed by atoms with van der Waals surface area (Å²) in [4.78, 5) is 0. The van der Waals surface area contributed by atoms with Gasteiger partial charge in [0.1, 0.15) is 5.75 Å². The average Bonchev–Trinajstić information content (AvgIpc) is 2.98. The molecule has 0 aliphatic heterocycles. The number of aliphatic hydroxyl groups is 1. The van der Waals surface area contributed by atoms with E-state index in [0.29, 0.717) is 23.9 Å². The highest BCUT2D eigenvalue weighted by Crippen LogP contribution is 2.63. The molecular formula is C23H34O3. The van der Waals surface area contributed by atoms with Crippen LogP contribution in [0.1, 0.15) is 68.6 Å².